The number of carbonyl (C=O) groups excluding carboxylic acids is 1. The van der Waals surface area contributed by atoms with Crippen LogP contribution in [-0.4, -0.2) is 63.2 Å². The van der Waals surface area contributed by atoms with Crippen molar-refractivity contribution in [2.24, 2.45) is 0 Å². The lowest BCUT2D eigenvalue weighted by atomic mass is 10.1. The van der Waals surface area contributed by atoms with Crippen molar-refractivity contribution >= 4 is 5.91 Å². The number of piperazine rings is 1. The van der Waals surface area contributed by atoms with Crippen LogP contribution in [0.3, 0.4) is 0 Å². The number of nitrogens with zero attached hydrogens (tertiary/aromatic N) is 2. The Bertz CT molecular complexity index is 786. The lowest BCUT2D eigenvalue weighted by Crippen LogP contribution is -2.47. The topological polar surface area (TPSA) is 51.2 Å². The minimum Gasteiger partial charge on any atom is -0.496 e. The molecular formula is C21H26N2O4. The summed E-state index contributed by atoms with van der Waals surface area (Å²) in [5.74, 6) is 2.06. The molecule has 2 aromatic carbocycles. The highest BCUT2D eigenvalue weighted by molar-refractivity contribution is 5.94. The van der Waals surface area contributed by atoms with Crippen molar-refractivity contribution in [3.05, 3.63) is 53.6 Å². The molecule has 0 bridgehead atoms. The maximum absolute atomic E-state index is 12.8. The van der Waals surface area contributed by atoms with Crippen LogP contribution in [0.15, 0.2) is 42.5 Å². The number of benzene rings is 2. The molecule has 2 aromatic rings. The van der Waals surface area contributed by atoms with Gasteiger partial charge in [0.2, 0.25) is 0 Å². The monoisotopic (exact) mass is 370 g/mol. The van der Waals surface area contributed by atoms with Crippen LogP contribution in [0.25, 0.3) is 0 Å². The summed E-state index contributed by atoms with van der Waals surface area (Å²) >= 11 is 0. The fourth-order valence-corrected chi connectivity index (χ4v) is 3.11. The third-order valence-electron chi connectivity index (χ3n) is 4.77. The number of para-hydroxylation sites is 2. The summed E-state index contributed by atoms with van der Waals surface area (Å²) in [6.07, 6.45) is 0. The second-order valence-electron chi connectivity index (χ2n) is 6.56. The van der Waals surface area contributed by atoms with E-state index in [1.165, 1.54) is 0 Å². The molecule has 0 radical (unpaired) electrons. The Morgan fingerprint density at radius 1 is 0.926 bits per heavy atom. The zero-order valence-electron chi connectivity index (χ0n) is 16.1. The fourth-order valence-electron chi connectivity index (χ4n) is 3.11. The Morgan fingerprint density at radius 2 is 1.59 bits per heavy atom. The largest absolute Gasteiger partial charge is 0.496 e. The molecule has 0 N–H and O–H groups in total. The van der Waals surface area contributed by atoms with E-state index in [9.17, 15) is 4.79 Å². The average Bonchev–Trinajstić information content (AvgIpc) is 2.72. The number of carbonyl (C=O) groups is 1. The Morgan fingerprint density at radius 3 is 2.26 bits per heavy atom. The molecule has 1 aliphatic rings. The van der Waals surface area contributed by atoms with E-state index in [0.29, 0.717) is 22.8 Å². The van der Waals surface area contributed by atoms with Crippen LogP contribution in [0.1, 0.15) is 15.9 Å². The number of hydrogen-bond acceptors (Lipinski definition) is 5. The van der Waals surface area contributed by atoms with Gasteiger partial charge >= 0.3 is 0 Å². The molecule has 144 valence electrons. The van der Waals surface area contributed by atoms with E-state index in [1.807, 2.05) is 47.4 Å². The van der Waals surface area contributed by atoms with E-state index >= 15 is 0 Å². The van der Waals surface area contributed by atoms with Gasteiger partial charge in [0.15, 0.2) is 11.5 Å². The van der Waals surface area contributed by atoms with E-state index in [2.05, 4.69) is 11.9 Å². The molecule has 1 saturated heterocycles. The highest BCUT2D eigenvalue weighted by atomic mass is 16.5. The first-order chi connectivity index (χ1) is 13.1. The van der Waals surface area contributed by atoms with Crippen molar-refractivity contribution in [1.29, 1.82) is 0 Å². The highest BCUT2D eigenvalue weighted by Gasteiger charge is 2.21. The minimum atomic E-state index is 0.0456. The maximum atomic E-state index is 12.8. The van der Waals surface area contributed by atoms with Gasteiger partial charge < -0.3 is 24.0 Å². The first-order valence-electron chi connectivity index (χ1n) is 9.03. The summed E-state index contributed by atoms with van der Waals surface area (Å²) in [5, 5.41) is 0. The number of amides is 1. The zero-order chi connectivity index (χ0) is 19.2. The smallest absolute Gasteiger partial charge is 0.253 e. The van der Waals surface area contributed by atoms with E-state index in [0.717, 1.165) is 31.7 Å². The van der Waals surface area contributed by atoms with Gasteiger partial charge in [-0.15, -0.1) is 0 Å². The molecule has 1 fully saturated rings. The SMILES string of the molecule is COc1ccc(C(=O)N2CCN(C)CC2)cc1COc1ccccc1OC. The Balaban J connectivity index is 1.76. The lowest BCUT2D eigenvalue weighted by molar-refractivity contribution is 0.0664. The van der Waals surface area contributed by atoms with Crippen LogP contribution < -0.4 is 14.2 Å². The van der Waals surface area contributed by atoms with Crippen molar-refractivity contribution < 1.29 is 19.0 Å². The second kappa shape index (κ2) is 8.77. The van der Waals surface area contributed by atoms with Gasteiger partial charge in [-0.25, -0.2) is 0 Å². The molecule has 3 rings (SSSR count). The van der Waals surface area contributed by atoms with Crippen molar-refractivity contribution in [3.63, 3.8) is 0 Å². The molecule has 0 saturated carbocycles. The molecule has 0 aliphatic carbocycles. The number of hydrogen-bond donors (Lipinski definition) is 0. The first kappa shape index (κ1) is 19.0. The third kappa shape index (κ3) is 4.52. The zero-order valence-corrected chi connectivity index (χ0v) is 16.1. The summed E-state index contributed by atoms with van der Waals surface area (Å²) in [6.45, 7) is 3.56. The van der Waals surface area contributed by atoms with Crippen molar-refractivity contribution in [1.82, 2.24) is 9.80 Å². The summed E-state index contributed by atoms with van der Waals surface area (Å²) in [4.78, 5) is 17.0. The number of methoxy groups -OCH3 is 2. The molecule has 0 atom stereocenters. The minimum absolute atomic E-state index is 0.0456. The predicted molar refractivity (Wildman–Crippen MR) is 104 cm³/mol. The van der Waals surface area contributed by atoms with Crippen LogP contribution in [0.4, 0.5) is 0 Å². The van der Waals surface area contributed by atoms with Crippen molar-refractivity contribution in [2.75, 3.05) is 47.4 Å². The number of ether oxygens (including phenoxy) is 3. The van der Waals surface area contributed by atoms with Gasteiger partial charge in [0, 0.05) is 37.3 Å². The average molecular weight is 370 g/mol. The molecule has 6 heteroatoms. The molecule has 0 aromatic heterocycles. The van der Waals surface area contributed by atoms with Crippen LogP contribution in [-0.2, 0) is 6.61 Å². The van der Waals surface area contributed by atoms with Crippen LogP contribution >= 0.6 is 0 Å². The Hall–Kier alpha value is -2.73. The van der Waals surface area contributed by atoms with Crippen LogP contribution in [0, 0.1) is 0 Å². The molecule has 6 nitrogen and oxygen atoms in total. The summed E-state index contributed by atoms with van der Waals surface area (Å²) in [7, 11) is 5.30. The van der Waals surface area contributed by atoms with E-state index in [-0.39, 0.29) is 12.5 Å². The van der Waals surface area contributed by atoms with E-state index < -0.39 is 0 Å². The van der Waals surface area contributed by atoms with Gasteiger partial charge in [0.25, 0.3) is 5.91 Å². The summed E-state index contributed by atoms with van der Waals surface area (Å²) < 4.78 is 16.7. The van der Waals surface area contributed by atoms with Gasteiger partial charge in [-0.05, 0) is 37.4 Å². The van der Waals surface area contributed by atoms with E-state index in [4.69, 9.17) is 14.2 Å². The number of rotatable bonds is 6. The first-order valence-corrected chi connectivity index (χ1v) is 9.03. The predicted octanol–water partition coefficient (Wildman–Crippen LogP) is 2.67. The second-order valence-corrected chi connectivity index (χ2v) is 6.56. The molecule has 1 amide bonds. The van der Waals surface area contributed by atoms with Crippen LogP contribution in [0.2, 0.25) is 0 Å². The normalized spacial score (nSPS) is 14.7. The number of likely N-dealkylation sites (N-methyl/N-ethyl adjacent to an activating group) is 1. The summed E-state index contributed by atoms with van der Waals surface area (Å²) in [6, 6.07) is 13.0. The maximum Gasteiger partial charge on any atom is 0.253 e. The van der Waals surface area contributed by atoms with E-state index in [1.54, 1.807) is 14.2 Å². The molecule has 1 aliphatic heterocycles. The molecule has 0 spiro atoms. The van der Waals surface area contributed by atoms with Gasteiger partial charge in [0.05, 0.1) is 14.2 Å². The van der Waals surface area contributed by atoms with Crippen molar-refractivity contribution in [3.8, 4) is 17.2 Å². The quantitative estimate of drug-likeness (QED) is 0.783. The Kier molecular flexibility index (Phi) is 6.19. The molecule has 27 heavy (non-hydrogen) atoms. The molecular weight excluding hydrogens is 344 g/mol. The third-order valence-corrected chi connectivity index (χ3v) is 4.77. The summed E-state index contributed by atoms with van der Waals surface area (Å²) in [5.41, 5.74) is 1.47. The van der Waals surface area contributed by atoms with Crippen molar-refractivity contribution in [2.45, 2.75) is 6.61 Å². The Labute approximate surface area is 160 Å². The van der Waals surface area contributed by atoms with Gasteiger partial charge in [0.1, 0.15) is 12.4 Å². The fraction of sp³-hybridized carbons (Fsp3) is 0.381. The molecule has 0 unspecified atom stereocenters. The van der Waals surface area contributed by atoms with Gasteiger partial charge in [-0.3, -0.25) is 4.79 Å². The van der Waals surface area contributed by atoms with Crippen LogP contribution in [0.5, 0.6) is 17.2 Å². The highest BCUT2D eigenvalue weighted by Crippen LogP contribution is 2.28. The lowest BCUT2D eigenvalue weighted by Gasteiger charge is -2.32. The van der Waals surface area contributed by atoms with Gasteiger partial charge in [-0.2, -0.15) is 0 Å². The van der Waals surface area contributed by atoms with Gasteiger partial charge in [-0.1, -0.05) is 12.1 Å². The standard InChI is InChI=1S/C21H26N2O4/c1-22-10-12-23(13-11-22)21(24)16-8-9-18(25-2)17(14-16)15-27-20-7-5-4-6-19(20)26-3/h4-9,14H,10-13,15H2,1-3H3. The molecule has 1 heterocycles.